The Morgan fingerprint density at radius 3 is 2.58 bits per heavy atom. The molecule has 1 aliphatic heterocycles. The zero-order chi connectivity index (χ0) is 26.0. The van der Waals surface area contributed by atoms with Gasteiger partial charge >= 0.3 is 5.97 Å². The summed E-state index contributed by atoms with van der Waals surface area (Å²) >= 11 is 2.09. The number of non-ortho nitro benzene ring substituents is 1. The van der Waals surface area contributed by atoms with Crippen molar-refractivity contribution in [2.75, 3.05) is 14.2 Å². The van der Waals surface area contributed by atoms with E-state index in [9.17, 15) is 19.7 Å². The maximum atomic E-state index is 13.0. The first kappa shape index (κ1) is 25.5. The van der Waals surface area contributed by atoms with Crippen LogP contribution < -0.4 is 15.2 Å². The zero-order valence-electron chi connectivity index (χ0n) is 19.5. The summed E-state index contributed by atoms with van der Waals surface area (Å²) < 4.78 is 22.9. The molecule has 0 bridgehead atoms. The van der Waals surface area contributed by atoms with Crippen LogP contribution >= 0.6 is 22.6 Å². The normalized spacial score (nSPS) is 17.3. The molecule has 2 aromatic rings. The quantitative estimate of drug-likeness (QED) is 0.212. The molecule has 0 fully saturated rings. The Morgan fingerprint density at radius 1 is 1.22 bits per heavy atom. The lowest BCUT2D eigenvalue weighted by Crippen LogP contribution is -2.31. The van der Waals surface area contributed by atoms with Crippen molar-refractivity contribution in [1.29, 1.82) is 0 Å². The second kappa shape index (κ2) is 10.6. The van der Waals surface area contributed by atoms with Crippen LogP contribution in [-0.2, 0) is 25.7 Å². The van der Waals surface area contributed by atoms with Crippen molar-refractivity contribution in [3.63, 3.8) is 0 Å². The van der Waals surface area contributed by atoms with E-state index in [0.29, 0.717) is 51.2 Å². The van der Waals surface area contributed by atoms with Crippen LogP contribution in [0.25, 0.3) is 0 Å². The number of rotatable bonds is 7. The molecule has 0 spiro atoms. The first-order valence-electron chi connectivity index (χ1n) is 11.0. The van der Waals surface area contributed by atoms with Crippen molar-refractivity contribution >= 4 is 40.0 Å². The fourth-order valence-electron chi connectivity index (χ4n) is 4.31. The molecule has 188 valence electrons. The van der Waals surface area contributed by atoms with E-state index >= 15 is 0 Å². The van der Waals surface area contributed by atoms with E-state index in [4.69, 9.17) is 24.7 Å². The molecule has 0 aromatic heterocycles. The fourth-order valence-corrected chi connectivity index (χ4v) is 5.10. The number of nitrogens with zero attached hydrogens (tertiary/aromatic N) is 1. The monoisotopic (exact) mass is 606 g/mol. The molecule has 0 unspecified atom stereocenters. The molecule has 1 heterocycles. The number of nitro groups is 1. The number of nitro benzene ring substituents is 1. The standard InChI is InChI=1S/C25H23IN2O8/c1-33-19-11-14(10-16(26)23(19)35-12-13-6-8-15(9-7-13)28(31)32)20-21-17(29)4-3-5-18(21)36-24(27)22(20)25(30)34-2/h6-11,20H,3-5,12,27H2,1-2H3/t20-/m0/s1. The van der Waals surface area contributed by atoms with Gasteiger partial charge in [0.1, 0.15) is 17.9 Å². The number of halogens is 1. The lowest BCUT2D eigenvalue weighted by molar-refractivity contribution is -0.384. The number of methoxy groups -OCH3 is 2. The van der Waals surface area contributed by atoms with Crippen LogP contribution in [0.1, 0.15) is 36.3 Å². The number of hydrogen-bond donors (Lipinski definition) is 1. The summed E-state index contributed by atoms with van der Waals surface area (Å²) in [6.07, 6.45) is 1.52. The van der Waals surface area contributed by atoms with E-state index in [-0.39, 0.29) is 29.5 Å². The second-order valence-electron chi connectivity index (χ2n) is 8.16. The summed E-state index contributed by atoms with van der Waals surface area (Å²) in [7, 11) is 2.73. The molecular formula is C25H23IN2O8. The fraction of sp³-hybridized carbons (Fsp3) is 0.280. The lowest BCUT2D eigenvalue weighted by Gasteiger charge is -2.32. The van der Waals surface area contributed by atoms with Gasteiger partial charge in [0.2, 0.25) is 5.88 Å². The van der Waals surface area contributed by atoms with Gasteiger partial charge in [-0.1, -0.05) is 0 Å². The van der Waals surface area contributed by atoms with E-state index in [1.54, 1.807) is 24.3 Å². The van der Waals surface area contributed by atoms with Crippen molar-refractivity contribution in [3.8, 4) is 11.5 Å². The first-order valence-corrected chi connectivity index (χ1v) is 12.1. The average Bonchev–Trinajstić information content (AvgIpc) is 2.86. The van der Waals surface area contributed by atoms with Gasteiger partial charge in [-0.25, -0.2) is 4.79 Å². The highest BCUT2D eigenvalue weighted by Gasteiger charge is 2.41. The molecule has 10 nitrogen and oxygen atoms in total. The van der Waals surface area contributed by atoms with Crippen molar-refractivity contribution < 1.29 is 33.5 Å². The summed E-state index contributed by atoms with van der Waals surface area (Å²) in [4.78, 5) is 36.1. The van der Waals surface area contributed by atoms with Gasteiger partial charge in [0.15, 0.2) is 17.3 Å². The van der Waals surface area contributed by atoms with Gasteiger partial charge in [-0.2, -0.15) is 0 Å². The van der Waals surface area contributed by atoms with E-state index in [1.165, 1.54) is 26.4 Å². The van der Waals surface area contributed by atoms with Gasteiger partial charge in [0, 0.05) is 30.5 Å². The largest absolute Gasteiger partial charge is 0.493 e. The Hall–Kier alpha value is -3.61. The Balaban J connectivity index is 1.72. The zero-order valence-corrected chi connectivity index (χ0v) is 21.7. The van der Waals surface area contributed by atoms with E-state index in [1.807, 2.05) is 0 Å². The maximum Gasteiger partial charge on any atom is 0.340 e. The van der Waals surface area contributed by atoms with E-state index in [2.05, 4.69) is 22.6 Å². The van der Waals surface area contributed by atoms with Crippen LogP contribution in [-0.4, -0.2) is 30.9 Å². The van der Waals surface area contributed by atoms with Crippen LogP contribution in [0.2, 0.25) is 0 Å². The van der Waals surface area contributed by atoms with E-state index in [0.717, 1.165) is 5.56 Å². The number of benzene rings is 2. The molecule has 0 radical (unpaired) electrons. The predicted molar refractivity (Wildman–Crippen MR) is 136 cm³/mol. The van der Waals surface area contributed by atoms with Crippen molar-refractivity contribution in [1.82, 2.24) is 0 Å². The molecule has 0 saturated heterocycles. The summed E-state index contributed by atoms with van der Waals surface area (Å²) in [6.45, 7) is 0.148. The molecule has 2 aromatic carbocycles. The number of hydrogen-bond acceptors (Lipinski definition) is 9. The third-order valence-corrected chi connectivity index (χ3v) is 6.81. The Morgan fingerprint density at radius 2 is 1.94 bits per heavy atom. The minimum absolute atomic E-state index is 0.00797. The smallest absolute Gasteiger partial charge is 0.340 e. The topological polar surface area (TPSA) is 140 Å². The highest BCUT2D eigenvalue weighted by atomic mass is 127. The molecular weight excluding hydrogens is 583 g/mol. The number of carbonyl (C=O) groups excluding carboxylic acids is 2. The SMILES string of the molecule is COC(=O)C1=C(N)OC2=C(C(=O)CCC2)[C@@H]1c1cc(I)c(OCc2ccc([N+](=O)[O-])cc2)c(OC)c1. The average molecular weight is 606 g/mol. The van der Waals surface area contributed by atoms with Crippen LogP contribution in [0.4, 0.5) is 5.69 Å². The van der Waals surface area contributed by atoms with Gasteiger partial charge in [-0.15, -0.1) is 0 Å². The van der Waals surface area contributed by atoms with Crippen LogP contribution in [0.3, 0.4) is 0 Å². The molecule has 11 heteroatoms. The number of carbonyl (C=O) groups is 2. The first-order chi connectivity index (χ1) is 17.2. The predicted octanol–water partition coefficient (Wildman–Crippen LogP) is 4.25. The number of nitrogens with two attached hydrogens (primary N) is 1. The van der Waals surface area contributed by atoms with Crippen molar-refractivity contribution in [3.05, 3.63) is 84.0 Å². The highest BCUT2D eigenvalue weighted by molar-refractivity contribution is 14.1. The van der Waals surface area contributed by atoms with Gasteiger partial charge in [0.05, 0.1) is 28.6 Å². The minimum Gasteiger partial charge on any atom is -0.493 e. The van der Waals surface area contributed by atoms with Gasteiger partial charge in [0.25, 0.3) is 5.69 Å². The van der Waals surface area contributed by atoms with Crippen molar-refractivity contribution in [2.45, 2.75) is 31.8 Å². The number of allylic oxidation sites excluding steroid dienone is 2. The molecule has 1 aliphatic carbocycles. The summed E-state index contributed by atoms with van der Waals surface area (Å²) in [5, 5.41) is 10.9. The third-order valence-electron chi connectivity index (χ3n) is 6.01. The molecule has 36 heavy (non-hydrogen) atoms. The van der Waals surface area contributed by atoms with Gasteiger partial charge in [-0.05, 0) is 64.4 Å². The van der Waals surface area contributed by atoms with Gasteiger partial charge < -0.3 is 24.7 Å². The molecule has 2 aliphatic rings. The Kier molecular flexibility index (Phi) is 7.48. The summed E-state index contributed by atoms with van der Waals surface area (Å²) in [5.74, 6) is -0.356. The van der Waals surface area contributed by atoms with Crippen LogP contribution in [0.15, 0.2) is 59.2 Å². The molecule has 2 N–H and O–H groups in total. The second-order valence-corrected chi connectivity index (χ2v) is 9.33. The summed E-state index contributed by atoms with van der Waals surface area (Å²) in [5.41, 5.74) is 7.91. The minimum atomic E-state index is -0.778. The number of Topliss-reactive ketones (excluding diaryl/α,β-unsaturated/α-hetero) is 1. The number of ketones is 1. The highest BCUT2D eigenvalue weighted by Crippen LogP contribution is 2.46. The van der Waals surface area contributed by atoms with Crippen LogP contribution in [0, 0.1) is 13.7 Å². The molecule has 0 amide bonds. The van der Waals surface area contributed by atoms with E-state index < -0.39 is 16.8 Å². The van der Waals surface area contributed by atoms with Gasteiger partial charge in [-0.3, -0.25) is 14.9 Å². The third kappa shape index (κ3) is 4.87. The Bertz CT molecular complexity index is 1300. The number of ether oxygens (including phenoxy) is 4. The number of esters is 1. The summed E-state index contributed by atoms with van der Waals surface area (Å²) in [6, 6.07) is 9.55. The lowest BCUT2D eigenvalue weighted by atomic mass is 9.77. The Labute approximate surface area is 220 Å². The van der Waals surface area contributed by atoms with Crippen molar-refractivity contribution in [2.24, 2.45) is 5.73 Å². The molecule has 4 rings (SSSR count). The molecule has 0 saturated carbocycles. The maximum absolute atomic E-state index is 13.0. The van der Waals surface area contributed by atoms with Crippen LogP contribution in [0.5, 0.6) is 11.5 Å². The molecule has 1 atom stereocenters.